The highest BCUT2D eigenvalue weighted by atomic mass is 32.2. The molecule has 0 bridgehead atoms. The summed E-state index contributed by atoms with van der Waals surface area (Å²) < 4.78 is 13.3. The molecule has 2 N–H and O–H groups in total. The number of furan rings is 2. The first kappa shape index (κ1) is 33.7. The van der Waals surface area contributed by atoms with Crippen LogP contribution >= 0.6 is 11.8 Å². The third kappa shape index (κ3) is 4.04. The Morgan fingerprint density at radius 2 is 0.828 bits per heavy atom. The number of hydrogen-bond donors (Lipinski definition) is 2. The summed E-state index contributed by atoms with van der Waals surface area (Å²) in [6.07, 6.45) is 0. The first-order valence-corrected chi connectivity index (χ1v) is 22.4. The van der Waals surface area contributed by atoms with E-state index in [-0.39, 0.29) is 24.9 Å². The van der Waals surface area contributed by atoms with E-state index < -0.39 is 0 Å². The third-order valence-corrected chi connectivity index (χ3v) is 15.3. The van der Waals surface area contributed by atoms with Crippen molar-refractivity contribution in [1.29, 1.82) is 0 Å². The minimum Gasteiger partial charge on any atom is -0.508 e. The van der Waals surface area contributed by atoms with Gasteiger partial charge in [0.2, 0.25) is 0 Å². The molecule has 0 saturated carbocycles. The van der Waals surface area contributed by atoms with E-state index in [1.165, 1.54) is 10.9 Å². The van der Waals surface area contributed by atoms with Crippen LogP contribution in [-0.2, 0) is 0 Å². The maximum Gasteiger partial charge on any atom is 0.252 e. The van der Waals surface area contributed by atoms with Crippen molar-refractivity contribution in [2.75, 3.05) is 14.7 Å². The Kier molecular flexibility index (Phi) is 6.07. The SMILES string of the molecule is Oc1cc2c3c(c1)B1c4cc5c(cc4N(c4ccccc4)c4cc6c7c(c41)N3c1c(cc(O)cc1B7c1cc3c(cc1N6c1ccccc1)oc1ccccc13)S2)oc1ccccc15. The Balaban J connectivity index is 1.11. The van der Waals surface area contributed by atoms with Crippen LogP contribution in [0.2, 0.25) is 0 Å². The summed E-state index contributed by atoms with van der Waals surface area (Å²) in [6, 6.07) is 57.1. The molecular weight excluding hydrogens is 808 g/mol. The second kappa shape index (κ2) is 11.5. The summed E-state index contributed by atoms with van der Waals surface area (Å²) in [6.45, 7) is -0.484. The van der Waals surface area contributed by atoms with Crippen LogP contribution in [0, 0.1) is 0 Å². The van der Waals surface area contributed by atoms with Gasteiger partial charge in [-0.1, -0.05) is 96.7 Å². The average Bonchev–Trinajstić information content (AvgIpc) is 3.87. The Hall–Kier alpha value is -7.94. The molecule has 10 heteroatoms. The van der Waals surface area contributed by atoms with Crippen LogP contribution in [0.15, 0.2) is 182 Å². The molecule has 5 aliphatic heterocycles. The van der Waals surface area contributed by atoms with Gasteiger partial charge < -0.3 is 33.7 Å². The van der Waals surface area contributed by atoms with Gasteiger partial charge in [-0.15, -0.1) is 0 Å². The lowest BCUT2D eigenvalue weighted by Crippen LogP contribution is -2.69. The van der Waals surface area contributed by atoms with Gasteiger partial charge in [0.25, 0.3) is 13.4 Å². The van der Waals surface area contributed by atoms with E-state index in [2.05, 4.69) is 130 Å². The molecule has 0 atom stereocenters. The van der Waals surface area contributed by atoms with Crippen LogP contribution < -0.4 is 47.5 Å². The van der Waals surface area contributed by atoms with E-state index in [4.69, 9.17) is 8.83 Å². The molecule has 2 aromatic heterocycles. The number of phenolic OH excluding ortho intramolecular Hbond substituents is 2. The Labute approximate surface area is 370 Å². The number of aromatic hydroxyl groups is 2. The highest BCUT2D eigenvalue weighted by molar-refractivity contribution is 7.99. The molecule has 0 aliphatic carbocycles. The second-order valence-electron chi connectivity index (χ2n) is 17.5. The molecule has 0 radical (unpaired) electrons. The normalized spacial score (nSPS) is 14.5. The van der Waals surface area contributed by atoms with Gasteiger partial charge in [-0.05, 0) is 99.5 Å². The number of fused-ring (bicyclic) bond motifs is 12. The largest absolute Gasteiger partial charge is 0.508 e. The van der Waals surface area contributed by atoms with Crippen LogP contribution in [0.1, 0.15) is 0 Å². The van der Waals surface area contributed by atoms with E-state index in [0.29, 0.717) is 0 Å². The van der Waals surface area contributed by atoms with E-state index in [9.17, 15) is 10.2 Å². The van der Waals surface area contributed by atoms with Gasteiger partial charge in [-0.3, -0.25) is 0 Å². The number of benzene rings is 9. The van der Waals surface area contributed by atoms with Crippen LogP contribution in [0.4, 0.5) is 51.2 Å². The summed E-state index contributed by atoms with van der Waals surface area (Å²) in [4.78, 5) is 9.22. The lowest BCUT2D eigenvalue weighted by atomic mass is 9.28. The number of anilines is 9. The van der Waals surface area contributed by atoms with Crippen molar-refractivity contribution >= 4 is 153 Å². The average molecular weight is 838 g/mol. The quantitative estimate of drug-likeness (QED) is 0.167. The van der Waals surface area contributed by atoms with Crippen molar-refractivity contribution in [2.45, 2.75) is 9.79 Å². The molecule has 0 fully saturated rings. The second-order valence-corrected chi connectivity index (χ2v) is 18.6. The summed E-state index contributed by atoms with van der Waals surface area (Å²) in [7, 11) is 0. The molecule has 0 unspecified atom stereocenters. The van der Waals surface area contributed by atoms with E-state index in [0.717, 1.165) is 127 Å². The van der Waals surface area contributed by atoms with Crippen LogP contribution in [0.5, 0.6) is 11.5 Å². The highest BCUT2D eigenvalue weighted by Crippen LogP contribution is 2.57. The fourth-order valence-electron chi connectivity index (χ4n) is 11.9. The Morgan fingerprint density at radius 1 is 0.375 bits per heavy atom. The molecular formula is C54H29B2N3O4S. The standard InChI is InChI=1S/C54H29B2N3O4S/c60-30-19-38-52-48(21-30)64-49-22-31(61)20-39-53(49)59(52)54-50-42(57(28-11-3-1-4-12-28)40-26-46-34(23-36(40)55(38)50)32-15-7-9-17-44(32)62-46)25-43-51(54)56(39)37-24-35-33-16-8-10-18-45(33)63-47(35)27-41(37)58(43)29-13-5-2-6-14-29/h1-27,60-61H. The minimum absolute atomic E-state index is 0.213. The van der Waals surface area contributed by atoms with E-state index in [1.807, 2.05) is 48.5 Å². The molecule has 9 aromatic carbocycles. The topological polar surface area (TPSA) is 76.5 Å². The van der Waals surface area contributed by atoms with E-state index >= 15 is 0 Å². The lowest BCUT2D eigenvalue weighted by molar-refractivity contribution is 0.474. The van der Waals surface area contributed by atoms with Gasteiger partial charge in [0.1, 0.15) is 33.8 Å². The summed E-state index contributed by atoms with van der Waals surface area (Å²) in [5.41, 5.74) is 19.6. The fraction of sp³-hybridized carbons (Fsp3) is 0. The molecule has 11 aromatic rings. The van der Waals surface area contributed by atoms with Gasteiger partial charge >= 0.3 is 0 Å². The lowest BCUT2D eigenvalue weighted by Gasteiger charge is -2.52. The number of hydrogen-bond acceptors (Lipinski definition) is 8. The molecule has 5 aliphatic rings. The predicted molar refractivity (Wildman–Crippen MR) is 262 cm³/mol. The Bertz CT molecular complexity index is 3710. The molecule has 64 heavy (non-hydrogen) atoms. The summed E-state index contributed by atoms with van der Waals surface area (Å²) >= 11 is 1.62. The molecule has 7 nitrogen and oxygen atoms in total. The smallest absolute Gasteiger partial charge is 0.252 e. The first-order chi connectivity index (χ1) is 31.6. The Morgan fingerprint density at radius 3 is 1.31 bits per heavy atom. The van der Waals surface area contributed by atoms with Gasteiger partial charge in [-0.2, -0.15) is 0 Å². The molecule has 0 amide bonds. The van der Waals surface area contributed by atoms with Crippen molar-refractivity contribution in [3.8, 4) is 11.5 Å². The van der Waals surface area contributed by atoms with Gasteiger partial charge in [-0.25, -0.2) is 0 Å². The minimum atomic E-state index is -0.242. The predicted octanol–water partition coefficient (Wildman–Crippen LogP) is 10.1. The van der Waals surface area contributed by atoms with E-state index in [1.54, 1.807) is 11.8 Å². The van der Waals surface area contributed by atoms with Crippen LogP contribution in [0.3, 0.4) is 0 Å². The zero-order chi connectivity index (χ0) is 41.7. The monoisotopic (exact) mass is 837 g/mol. The number of rotatable bonds is 2. The van der Waals surface area contributed by atoms with Crippen molar-refractivity contribution in [1.82, 2.24) is 0 Å². The maximum atomic E-state index is 11.7. The van der Waals surface area contributed by atoms with Crippen molar-refractivity contribution in [2.24, 2.45) is 0 Å². The van der Waals surface area contributed by atoms with Gasteiger partial charge in [0.05, 0.1) is 11.4 Å². The van der Waals surface area contributed by atoms with Crippen LogP contribution in [-0.4, -0.2) is 23.6 Å². The molecule has 0 spiro atoms. The summed E-state index contributed by atoms with van der Waals surface area (Å²) in [5, 5.41) is 27.7. The summed E-state index contributed by atoms with van der Waals surface area (Å²) in [5.74, 6) is 0.427. The van der Waals surface area contributed by atoms with Crippen molar-refractivity contribution in [3.05, 3.63) is 164 Å². The maximum absolute atomic E-state index is 11.7. The molecule has 16 rings (SSSR count). The number of para-hydroxylation sites is 4. The third-order valence-electron chi connectivity index (χ3n) is 14.3. The van der Waals surface area contributed by atoms with Crippen molar-refractivity contribution in [3.63, 3.8) is 0 Å². The fourth-order valence-corrected chi connectivity index (χ4v) is 13.1. The zero-order valence-corrected chi connectivity index (χ0v) is 34.5. The zero-order valence-electron chi connectivity index (χ0n) is 33.7. The number of nitrogens with zero attached hydrogens (tertiary/aromatic N) is 3. The first-order valence-electron chi connectivity index (χ1n) is 21.6. The van der Waals surface area contributed by atoms with Crippen molar-refractivity contribution < 1.29 is 19.0 Å². The molecule has 296 valence electrons. The van der Waals surface area contributed by atoms with Gasteiger partial charge in [0, 0.05) is 83.3 Å². The number of phenols is 2. The van der Waals surface area contributed by atoms with Crippen LogP contribution in [0.25, 0.3) is 43.9 Å². The molecule has 7 heterocycles. The molecule has 0 saturated heterocycles. The highest BCUT2D eigenvalue weighted by Gasteiger charge is 2.54. The van der Waals surface area contributed by atoms with Gasteiger partial charge in [0.15, 0.2) is 0 Å².